The van der Waals surface area contributed by atoms with Crippen molar-refractivity contribution in [3.05, 3.63) is 77.4 Å². The summed E-state index contributed by atoms with van der Waals surface area (Å²) in [7, 11) is 4.62. The number of carbonyl (C=O) groups excluding carboxylic acids is 1. The molecule has 0 radical (unpaired) electrons. The van der Waals surface area contributed by atoms with Crippen molar-refractivity contribution in [3.8, 4) is 28.7 Å². The van der Waals surface area contributed by atoms with Gasteiger partial charge in [0.15, 0.2) is 11.5 Å². The minimum Gasteiger partial charge on any atom is -0.508 e. The molecule has 3 aromatic carbocycles. The molecule has 3 rings (SSSR count). The average molecular weight is 447 g/mol. The molecule has 0 fully saturated rings. The van der Waals surface area contributed by atoms with Crippen LogP contribution in [0.5, 0.6) is 28.7 Å². The fraction of sp³-hybridized carbons (Fsp3) is 0.115. The molecular formula is C26H25NO6. The van der Waals surface area contributed by atoms with Crippen LogP contribution in [-0.4, -0.2) is 37.4 Å². The minimum atomic E-state index is -0.410. The van der Waals surface area contributed by atoms with Crippen LogP contribution in [-0.2, 0) is 4.79 Å². The van der Waals surface area contributed by atoms with Gasteiger partial charge in [-0.25, -0.2) is 0 Å². The highest BCUT2D eigenvalue weighted by molar-refractivity contribution is 6.04. The normalized spacial score (nSPS) is 11.0. The second kappa shape index (κ2) is 10.8. The molecule has 0 aliphatic carbocycles. The van der Waals surface area contributed by atoms with Crippen LogP contribution >= 0.6 is 0 Å². The van der Waals surface area contributed by atoms with Crippen molar-refractivity contribution >= 4 is 29.8 Å². The van der Waals surface area contributed by atoms with Gasteiger partial charge in [-0.05, 0) is 47.5 Å². The van der Waals surface area contributed by atoms with Gasteiger partial charge in [-0.1, -0.05) is 36.4 Å². The van der Waals surface area contributed by atoms with Gasteiger partial charge < -0.3 is 29.7 Å². The number of rotatable bonds is 8. The third kappa shape index (κ3) is 5.86. The van der Waals surface area contributed by atoms with Crippen molar-refractivity contribution in [3.63, 3.8) is 0 Å². The number of carbonyl (C=O) groups is 1. The van der Waals surface area contributed by atoms with Gasteiger partial charge in [0.1, 0.15) is 11.5 Å². The molecule has 0 atom stereocenters. The Balaban J connectivity index is 1.84. The highest BCUT2D eigenvalue weighted by Crippen LogP contribution is 2.39. The van der Waals surface area contributed by atoms with Crippen LogP contribution in [0.25, 0.3) is 18.2 Å². The molecule has 7 nitrogen and oxygen atoms in total. The molecule has 0 aliphatic rings. The number of phenolic OH excluding ortho intramolecular Hbond substituents is 2. The molecule has 0 unspecified atom stereocenters. The number of ether oxygens (including phenoxy) is 3. The molecule has 0 aliphatic heterocycles. The van der Waals surface area contributed by atoms with Gasteiger partial charge in [0.05, 0.1) is 27.0 Å². The maximum absolute atomic E-state index is 12.4. The van der Waals surface area contributed by atoms with Gasteiger partial charge in [0.25, 0.3) is 0 Å². The van der Waals surface area contributed by atoms with E-state index in [1.165, 1.54) is 31.4 Å². The molecule has 0 bridgehead atoms. The fourth-order valence-corrected chi connectivity index (χ4v) is 3.14. The topological polar surface area (TPSA) is 97.3 Å². The summed E-state index contributed by atoms with van der Waals surface area (Å²) in [6.45, 7) is 0. The summed E-state index contributed by atoms with van der Waals surface area (Å²) in [6.07, 6.45) is 6.53. The molecular weight excluding hydrogens is 422 g/mol. The van der Waals surface area contributed by atoms with Crippen LogP contribution in [0, 0.1) is 0 Å². The zero-order chi connectivity index (χ0) is 23.8. The monoisotopic (exact) mass is 447 g/mol. The van der Waals surface area contributed by atoms with Crippen LogP contribution in [0.2, 0.25) is 0 Å². The van der Waals surface area contributed by atoms with E-state index in [1.54, 1.807) is 68.8 Å². The van der Waals surface area contributed by atoms with Crippen molar-refractivity contribution in [2.75, 3.05) is 26.6 Å². The lowest BCUT2D eigenvalue weighted by atomic mass is 10.1. The molecule has 7 heteroatoms. The Labute approximate surface area is 192 Å². The lowest BCUT2D eigenvalue weighted by Gasteiger charge is -2.13. The number of benzene rings is 3. The fourth-order valence-electron chi connectivity index (χ4n) is 3.14. The molecule has 0 saturated carbocycles. The number of anilines is 1. The van der Waals surface area contributed by atoms with E-state index in [9.17, 15) is 15.0 Å². The van der Waals surface area contributed by atoms with E-state index in [0.29, 0.717) is 22.8 Å². The first-order valence-electron chi connectivity index (χ1n) is 10.0. The highest BCUT2D eigenvalue weighted by atomic mass is 16.5. The lowest BCUT2D eigenvalue weighted by molar-refractivity contribution is -0.111. The molecule has 0 heterocycles. The average Bonchev–Trinajstić information content (AvgIpc) is 2.83. The molecule has 1 amide bonds. The van der Waals surface area contributed by atoms with Crippen LogP contribution in [0.3, 0.4) is 0 Å². The summed E-state index contributed by atoms with van der Waals surface area (Å²) in [6, 6.07) is 15.0. The largest absolute Gasteiger partial charge is 0.508 e. The summed E-state index contributed by atoms with van der Waals surface area (Å²) in [5, 5.41) is 22.4. The van der Waals surface area contributed by atoms with Gasteiger partial charge >= 0.3 is 0 Å². The smallest absolute Gasteiger partial charge is 0.248 e. The maximum Gasteiger partial charge on any atom is 0.248 e. The first-order chi connectivity index (χ1) is 15.9. The number of amides is 1. The van der Waals surface area contributed by atoms with Crippen LogP contribution in [0.15, 0.2) is 60.7 Å². The molecule has 170 valence electrons. The zero-order valence-electron chi connectivity index (χ0n) is 18.5. The van der Waals surface area contributed by atoms with Gasteiger partial charge in [0.2, 0.25) is 11.7 Å². The molecule has 33 heavy (non-hydrogen) atoms. The van der Waals surface area contributed by atoms with Crippen LogP contribution < -0.4 is 19.5 Å². The number of nitrogens with one attached hydrogen (secondary N) is 1. The van der Waals surface area contributed by atoms with E-state index >= 15 is 0 Å². The number of para-hydroxylation sites is 1. The Kier molecular flexibility index (Phi) is 7.60. The van der Waals surface area contributed by atoms with Gasteiger partial charge in [-0.15, -0.1) is 0 Å². The molecule has 0 spiro atoms. The Morgan fingerprint density at radius 3 is 2.09 bits per heavy atom. The summed E-state index contributed by atoms with van der Waals surface area (Å²) in [4.78, 5) is 12.4. The highest BCUT2D eigenvalue weighted by Gasteiger charge is 2.13. The Bertz CT molecular complexity index is 1160. The number of hydrogen-bond donors (Lipinski definition) is 3. The van der Waals surface area contributed by atoms with Gasteiger partial charge in [-0.2, -0.15) is 0 Å². The Hall–Kier alpha value is -4.39. The van der Waals surface area contributed by atoms with Crippen molar-refractivity contribution in [2.24, 2.45) is 0 Å². The van der Waals surface area contributed by atoms with Crippen molar-refractivity contribution in [2.45, 2.75) is 0 Å². The van der Waals surface area contributed by atoms with Crippen molar-refractivity contribution in [1.82, 2.24) is 0 Å². The van der Waals surface area contributed by atoms with E-state index in [-0.39, 0.29) is 17.2 Å². The zero-order valence-corrected chi connectivity index (χ0v) is 18.5. The van der Waals surface area contributed by atoms with Crippen molar-refractivity contribution in [1.29, 1.82) is 0 Å². The number of hydrogen-bond acceptors (Lipinski definition) is 6. The third-order valence-corrected chi connectivity index (χ3v) is 4.79. The number of methoxy groups -OCH3 is 3. The predicted molar refractivity (Wildman–Crippen MR) is 129 cm³/mol. The lowest BCUT2D eigenvalue weighted by Crippen LogP contribution is -2.09. The second-order valence-corrected chi connectivity index (χ2v) is 6.95. The van der Waals surface area contributed by atoms with Gasteiger partial charge in [0, 0.05) is 11.6 Å². The molecule has 3 N–H and O–H groups in total. The summed E-state index contributed by atoms with van der Waals surface area (Å²) < 4.78 is 16.1. The van der Waals surface area contributed by atoms with Crippen LogP contribution in [0.1, 0.15) is 16.7 Å². The van der Waals surface area contributed by atoms with Gasteiger partial charge in [-0.3, -0.25) is 4.79 Å². The first-order valence-corrected chi connectivity index (χ1v) is 10.0. The van der Waals surface area contributed by atoms with E-state index in [4.69, 9.17) is 14.2 Å². The number of phenols is 2. The molecule has 3 aromatic rings. The van der Waals surface area contributed by atoms with E-state index in [0.717, 1.165) is 11.1 Å². The maximum atomic E-state index is 12.4. The summed E-state index contributed by atoms with van der Waals surface area (Å²) in [5.74, 6) is 1.19. The standard InChI is InChI=1S/C26H25NO6/c1-31-22-15-18(16-23(32-2)26(22)33-3)7-11-19-5-4-6-21(29)25(19)27-24(30)14-10-17-8-12-20(28)13-9-17/h4-16,28-29H,1-3H3,(H,27,30)/b11-7+,14-10+. The SMILES string of the molecule is COc1cc(/C=C/c2cccc(O)c2NC(=O)/C=C/c2ccc(O)cc2)cc(OC)c1OC. The summed E-state index contributed by atoms with van der Waals surface area (Å²) >= 11 is 0. The van der Waals surface area contributed by atoms with Crippen LogP contribution in [0.4, 0.5) is 5.69 Å². The third-order valence-electron chi connectivity index (χ3n) is 4.79. The summed E-state index contributed by atoms with van der Waals surface area (Å²) in [5.41, 5.74) is 2.41. The Morgan fingerprint density at radius 2 is 1.48 bits per heavy atom. The van der Waals surface area contributed by atoms with Crippen molar-refractivity contribution < 1.29 is 29.2 Å². The quantitative estimate of drug-likeness (QED) is 0.257. The second-order valence-electron chi connectivity index (χ2n) is 6.95. The first kappa shape index (κ1) is 23.3. The molecule has 0 saturated heterocycles. The van der Waals surface area contributed by atoms with E-state index in [2.05, 4.69) is 5.32 Å². The number of aromatic hydroxyl groups is 2. The Morgan fingerprint density at radius 1 is 0.818 bits per heavy atom. The molecule has 0 aromatic heterocycles. The minimum absolute atomic E-state index is 0.0616. The van der Waals surface area contributed by atoms with E-state index in [1.807, 2.05) is 0 Å². The predicted octanol–water partition coefficient (Wildman–Crippen LogP) is 4.95. The van der Waals surface area contributed by atoms with E-state index < -0.39 is 5.91 Å².